The smallest absolute Gasteiger partial charge is 0.269 e. The van der Waals surface area contributed by atoms with E-state index in [-0.39, 0.29) is 27.8 Å². The molecule has 2 aromatic rings. The third kappa shape index (κ3) is 5.92. The van der Waals surface area contributed by atoms with Crippen LogP contribution in [-0.4, -0.2) is 30.3 Å². The number of non-ortho nitro benzene ring substituents is 1. The number of nitrogens with one attached hydrogen (secondary N) is 1. The van der Waals surface area contributed by atoms with Gasteiger partial charge in [0.2, 0.25) is 0 Å². The lowest BCUT2D eigenvalue weighted by atomic mass is 10.0. The van der Waals surface area contributed by atoms with Crippen LogP contribution in [0.5, 0.6) is 0 Å². The molecule has 1 unspecified atom stereocenters. The van der Waals surface area contributed by atoms with Gasteiger partial charge < -0.3 is 9.74 Å². The molecule has 6 nitrogen and oxygen atoms in total. The zero-order chi connectivity index (χ0) is 22.8. The number of nitro groups is 1. The molecule has 1 aromatic carbocycles. The number of nitro benzene ring substituents is 1. The van der Waals surface area contributed by atoms with E-state index in [0.29, 0.717) is 11.2 Å². The number of hydrogen-bond acceptors (Lipinski definition) is 5. The number of benzene rings is 1. The average Bonchev–Trinajstić information content (AvgIpc) is 3.14. The summed E-state index contributed by atoms with van der Waals surface area (Å²) < 4.78 is 6.87. The van der Waals surface area contributed by atoms with Crippen molar-refractivity contribution in [3.63, 3.8) is 0 Å². The molecule has 1 aliphatic heterocycles. The molecule has 0 radical (unpaired) electrons. The third-order valence-corrected chi connectivity index (χ3v) is 11.3. The van der Waals surface area contributed by atoms with Gasteiger partial charge in [-0.15, -0.1) is 0 Å². The molecule has 8 heteroatoms. The van der Waals surface area contributed by atoms with Crippen LogP contribution in [0, 0.1) is 10.1 Å². The van der Waals surface area contributed by atoms with E-state index in [1.54, 1.807) is 12.1 Å². The van der Waals surface area contributed by atoms with Crippen LogP contribution in [-0.2, 0) is 10.8 Å². The van der Waals surface area contributed by atoms with E-state index in [1.807, 2.05) is 30.5 Å². The van der Waals surface area contributed by atoms with Gasteiger partial charge in [0, 0.05) is 30.4 Å². The van der Waals surface area contributed by atoms with Crippen molar-refractivity contribution in [2.75, 3.05) is 0 Å². The molecule has 31 heavy (non-hydrogen) atoms. The van der Waals surface area contributed by atoms with Crippen molar-refractivity contribution in [1.82, 2.24) is 10.3 Å². The third-order valence-electron chi connectivity index (χ3n) is 6.58. The van der Waals surface area contributed by atoms with E-state index in [1.165, 1.54) is 0 Å². The van der Waals surface area contributed by atoms with Crippen molar-refractivity contribution >= 4 is 25.6 Å². The fourth-order valence-corrected chi connectivity index (χ4v) is 5.12. The van der Waals surface area contributed by atoms with Crippen LogP contribution < -0.4 is 5.32 Å². The molecular formula is C23H32ClN3O3Si. The Hall–Kier alpha value is -1.80. The lowest BCUT2D eigenvalue weighted by Gasteiger charge is -2.41. The molecule has 1 saturated heterocycles. The maximum absolute atomic E-state index is 10.9. The Morgan fingerprint density at radius 3 is 2.45 bits per heavy atom. The normalized spacial score (nSPS) is 20.6. The van der Waals surface area contributed by atoms with Gasteiger partial charge in [-0.2, -0.15) is 0 Å². The van der Waals surface area contributed by atoms with Crippen molar-refractivity contribution in [3.05, 3.63) is 69.0 Å². The van der Waals surface area contributed by atoms with E-state index in [4.69, 9.17) is 16.0 Å². The molecule has 0 saturated carbocycles. The van der Waals surface area contributed by atoms with Crippen molar-refractivity contribution < 1.29 is 9.35 Å². The van der Waals surface area contributed by atoms with Crippen LogP contribution in [0.2, 0.25) is 23.3 Å². The van der Waals surface area contributed by atoms with Gasteiger partial charge in [0.05, 0.1) is 11.0 Å². The van der Waals surface area contributed by atoms with E-state index in [9.17, 15) is 10.1 Å². The van der Waals surface area contributed by atoms with Gasteiger partial charge in [0.15, 0.2) is 8.32 Å². The van der Waals surface area contributed by atoms with Crippen molar-refractivity contribution in [1.29, 1.82) is 0 Å². The first-order chi connectivity index (χ1) is 14.5. The highest BCUT2D eigenvalue weighted by atomic mass is 35.5. The number of pyridine rings is 1. The highest BCUT2D eigenvalue weighted by Gasteiger charge is 2.42. The topological polar surface area (TPSA) is 77.3 Å². The maximum atomic E-state index is 10.9. The van der Waals surface area contributed by atoms with Gasteiger partial charge in [0.1, 0.15) is 5.15 Å². The molecule has 0 aliphatic carbocycles. The summed E-state index contributed by atoms with van der Waals surface area (Å²) in [6.45, 7) is 11.3. The van der Waals surface area contributed by atoms with Crippen molar-refractivity contribution in [3.8, 4) is 0 Å². The van der Waals surface area contributed by atoms with Gasteiger partial charge in [-0.25, -0.2) is 4.98 Å². The zero-order valence-electron chi connectivity index (χ0n) is 18.9. The maximum Gasteiger partial charge on any atom is 0.269 e. The molecule has 0 spiro atoms. The summed E-state index contributed by atoms with van der Waals surface area (Å²) in [4.78, 5) is 14.8. The number of aromatic nitrogens is 1. The van der Waals surface area contributed by atoms with Gasteiger partial charge in [-0.1, -0.05) is 50.6 Å². The molecule has 0 bridgehead atoms. The molecule has 1 fully saturated rings. The Balaban J connectivity index is 1.75. The van der Waals surface area contributed by atoms with E-state index >= 15 is 0 Å². The van der Waals surface area contributed by atoms with Gasteiger partial charge in [0.25, 0.3) is 5.69 Å². The summed E-state index contributed by atoms with van der Waals surface area (Å²) >= 11 is 6.02. The Kier molecular flexibility index (Phi) is 7.20. The van der Waals surface area contributed by atoms with Crippen LogP contribution >= 0.6 is 11.6 Å². The van der Waals surface area contributed by atoms with Gasteiger partial charge >= 0.3 is 0 Å². The van der Waals surface area contributed by atoms with Crippen molar-refractivity contribution in [2.24, 2.45) is 0 Å². The van der Waals surface area contributed by atoms with Gasteiger partial charge in [-0.3, -0.25) is 10.1 Å². The lowest BCUT2D eigenvalue weighted by Crippen LogP contribution is -2.46. The van der Waals surface area contributed by atoms with Crippen LogP contribution in [0.25, 0.3) is 0 Å². The molecule has 3 atom stereocenters. The predicted molar refractivity (Wildman–Crippen MR) is 127 cm³/mol. The van der Waals surface area contributed by atoms with Crippen LogP contribution in [0.15, 0.2) is 42.6 Å². The Labute approximate surface area is 190 Å². The van der Waals surface area contributed by atoms with E-state index in [0.717, 1.165) is 30.4 Å². The highest BCUT2D eigenvalue weighted by molar-refractivity contribution is 6.74. The first kappa shape index (κ1) is 23.9. The van der Waals surface area contributed by atoms with Crippen molar-refractivity contribution in [2.45, 2.75) is 76.4 Å². The second-order valence-electron chi connectivity index (χ2n) is 9.89. The molecular weight excluding hydrogens is 430 g/mol. The summed E-state index contributed by atoms with van der Waals surface area (Å²) in [5.41, 5.74) is 2.26. The van der Waals surface area contributed by atoms with E-state index in [2.05, 4.69) is 44.2 Å². The quantitative estimate of drug-likeness (QED) is 0.234. The molecule has 168 valence electrons. The lowest BCUT2D eigenvalue weighted by molar-refractivity contribution is -0.384. The summed E-state index contributed by atoms with van der Waals surface area (Å²) in [7, 11) is -2.01. The van der Waals surface area contributed by atoms with Crippen LogP contribution in [0.4, 0.5) is 5.69 Å². The van der Waals surface area contributed by atoms with Crippen LogP contribution in [0.1, 0.15) is 50.8 Å². The first-order valence-corrected chi connectivity index (χ1v) is 14.0. The predicted octanol–water partition coefficient (Wildman–Crippen LogP) is 6.07. The summed E-state index contributed by atoms with van der Waals surface area (Å²) in [6.07, 6.45) is 4.60. The zero-order valence-corrected chi connectivity index (χ0v) is 20.6. The standard InChI is InChI=1S/C23H32ClN3O3Si/c1-23(2,3)31(4,5)30-22(17-8-13-21(24)25-15-17)20-12-9-18(26-20)14-16-6-10-19(11-7-16)27(28)29/h6-8,10-11,13,15,18,20,22,26H,9,12,14H2,1-5H3/t18-,20+,22?/m0/s1. The first-order valence-electron chi connectivity index (χ1n) is 10.7. The largest absolute Gasteiger partial charge is 0.408 e. The molecule has 0 amide bonds. The Morgan fingerprint density at radius 2 is 1.90 bits per heavy atom. The summed E-state index contributed by atoms with van der Waals surface area (Å²) in [6, 6.07) is 11.2. The fraction of sp³-hybridized carbons (Fsp3) is 0.522. The van der Waals surface area contributed by atoms with Crippen LogP contribution in [0.3, 0.4) is 0 Å². The van der Waals surface area contributed by atoms with Gasteiger partial charge in [-0.05, 0) is 54.6 Å². The number of nitrogens with zero attached hydrogens (tertiary/aromatic N) is 2. The Bertz CT molecular complexity index is 898. The number of halogens is 1. The minimum absolute atomic E-state index is 0.0903. The minimum atomic E-state index is -2.01. The molecule has 2 heterocycles. The molecule has 1 aliphatic rings. The number of hydrogen-bond donors (Lipinski definition) is 1. The molecule has 1 aromatic heterocycles. The number of rotatable bonds is 7. The summed E-state index contributed by atoms with van der Waals surface area (Å²) in [5, 5.41) is 15.2. The second kappa shape index (κ2) is 9.36. The minimum Gasteiger partial charge on any atom is -0.408 e. The monoisotopic (exact) mass is 461 g/mol. The highest BCUT2D eigenvalue weighted by Crippen LogP contribution is 2.42. The molecule has 3 rings (SSSR count). The fourth-order valence-electron chi connectivity index (χ4n) is 3.72. The SMILES string of the molecule is CC(C)(C)[Si](C)(C)OC(c1ccc(Cl)nc1)[C@H]1CC[C@@H](Cc2ccc([N+](=O)[O-])cc2)N1. The Morgan fingerprint density at radius 1 is 1.23 bits per heavy atom. The molecule has 1 N–H and O–H groups in total. The van der Waals surface area contributed by atoms with E-state index < -0.39 is 8.32 Å². The average molecular weight is 462 g/mol. The second-order valence-corrected chi connectivity index (χ2v) is 15.0. The summed E-state index contributed by atoms with van der Waals surface area (Å²) in [5.74, 6) is 0.